The quantitative estimate of drug-likeness (QED) is 0.848. The average Bonchev–Trinajstić information content (AvgIpc) is 2.65. The second kappa shape index (κ2) is 6.42. The van der Waals surface area contributed by atoms with Crippen molar-refractivity contribution in [1.82, 2.24) is 15.1 Å². The second-order valence-corrected chi connectivity index (χ2v) is 5.58. The van der Waals surface area contributed by atoms with E-state index in [1.54, 1.807) is 0 Å². The lowest BCUT2D eigenvalue weighted by Gasteiger charge is -2.12. The van der Waals surface area contributed by atoms with Crippen LogP contribution in [0.5, 0.6) is 0 Å². The van der Waals surface area contributed by atoms with Crippen molar-refractivity contribution in [1.29, 1.82) is 0 Å². The van der Waals surface area contributed by atoms with E-state index in [2.05, 4.69) is 30.3 Å². The van der Waals surface area contributed by atoms with Crippen LogP contribution in [0, 0.1) is 13.8 Å². The van der Waals surface area contributed by atoms with E-state index in [9.17, 15) is 0 Å². The molecule has 1 N–H and O–H groups in total. The molecule has 0 saturated carbocycles. The highest BCUT2D eigenvalue weighted by molar-refractivity contribution is 6.30. The van der Waals surface area contributed by atoms with Gasteiger partial charge in [0.25, 0.3) is 0 Å². The molecule has 2 rings (SSSR count). The first-order valence-electron chi connectivity index (χ1n) is 7.04. The topological polar surface area (TPSA) is 29.9 Å². The Morgan fingerprint density at radius 3 is 2.65 bits per heavy atom. The van der Waals surface area contributed by atoms with E-state index < -0.39 is 0 Å². The molecule has 0 unspecified atom stereocenters. The molecule has 1 aromatic heterocycles. The first kappa shape index (κ1) is 15.1. The minimum atomic E-state index is 0.766. The minimum Gasteiger partial charge on any atom is -0.313 e. The van der Waals surface area contributed by atoms with Crippen molar-refractivity contribution in [3.05, 3.63) is 40.2 Å². The van der Waals surface area contributed by atoms with Gasteiger partial charge >= 0.3 is 0 Å². The maximum absolute atomic E-state index is 6.19. The zero-order chi connectivity index (χ0) is 14.7. The van der Waals surface area contributed by atoms with E-state index >= 15 is 0 Å². The fourth-order valence-electron chi connectivity index (χ4n) is 2.50. The lowest BCUT2D eigenvalue weighted by atomic mass is 9.98. The molecule has 0 fully saturated rings. The smallest absolute Gasteiger partial charge is 0.0674 e. The van der Waals surface area contributed by atoms with Crippen LogP contribution in [0.25, 0.3) is 11.1 Å². The van der Waals surface area contributed by atoms with Crippen LogP contribution in [0.2, 0.25) is 5.02 Å². The maximum atomic E-state index is 6.19. The van der Waals surface area contributed by atoms with Crippen LogP contribution >= 0.6 is 11.6 Å². The number of benzene rings is 1. The Balaban J connectivity index is 2.45. The van der Waals surface area contributed by atoms with Crippen molar-refractivity contribution < 1.29 is 0 Å². The van der Waals surface area contributed by atoms with Crippen LogP contribution in [0.1, 0.15) is 30.3 Å². The molecule has 4 heteroatoms. The molecule has 20 heavy (non-hydrogen) atoms. The lowest BCUT2D eigenvalue weighted by molar-refractivity contribution is 0.676. The molecule has 0 aliphatic carbocycles. The summed E-state index contributed by atoms with van der Waals surface area (Å²) in [6.07, 6.45) is 1.13. The number of aryl methyl sites for hydroxylation is 2. The lowest BCUT2D eigenvalue weighted by Crippen LogP contribution is -2.14. The summed E-state index contributed by atoms with van der Waals surface area (Å²) in [5, 5.41) is 8.73. The fraction of sp³-hybridized carbons (Fsp3) is 0.438. The standard InChI is InChI=1S/C16H22ClN3/c1-5-8-18-10-13-6-7-14(17)9-15(13)16-11(2)19-20(4)12(16)3/h6-7,9,18H,5,8,10H2,1-4H3. The van der Waals surface area contributed by atoms with Gasteiger partial charge in [-0.1, -0.05) is 24.6 Å². The van der Waals surface area contributed by atoms with Gasteiger partial charge in [-0.2, -0.15) is 5.10 Å². The molecular formula is C16H22ClN3. The van der Waals surface area contributed by atoms with Gasteiger partial charge in [-0.25, -0.2) is 0 Å². The Morgan fingerprint density at radius 2 is 2.05 bits per heavy atom. The molecule has 0 amide bonds. The van der Waals surface area contributed by atoms with E-state index in [1.165, 1.54) is 22.4 Å². The zero-order valence-corrected chi connectivity index (χ0v) is 13.4. The van der Waals surface area contributed by atoms with Crippen LogP contribution < -0.4 is 5.32 Å². The third-order valence-electron chi connectivity index (χ3n) is 3.59. The Hall–Kier alpha value is -1.32. The molecule has 2 aromatic rings. The largest absolute Gasteiger partial charge is 0.313 e. The normalized spacial score (nSPS) is 11.1. The van der Waals surface area contributed by atoms with Crippen molar-refractivity contribution in [2.45, 2.75) is 33.7 Å². The molecule has 3 nitrogen and oxygen atoms in total. The van der Waals surface area contributed by atoms with Gasteiger partial charge < -0.3 is 5.32 Å². The van der Waals surface area contributed by atoms with Gasteiger partial charge in [0.05, 0.1) is 5.69 Å². The molecule has 0 radical (unpaired) electrons. The number of halogens is 1. The van der Waals surface area contributed by atoms with Gasteiger partial charge in [0, 0.05) is 29.9 Å². The van der Waals surface area contributed by atoms with Crippen LogP contribution in [-0.4, -0.2) is 16.3 Å². The monoisotopic (exact) mass is 291 g/mol. The number of nitrogens with one attached hydrogen (secondary N) is 1. The molecule has 0 saturated heterocycles. The van der Waals surface area contributed by atoms with Gasteiger partial charge in [-0.05, 0) is 50.1 Å². The average molecular weight is 292 g/mol. The molecule has 0 aliphatic heterocycles. The Morgan fingerprint density at radius 1 is 1.30 bits per heavy atom. The predicted molar refractivity (Wildman–Crippen MR) is 85.1 cm³/mol. The van der Waals surface area contributed by atoms with Crippen molar-refractivity contribution >= 4 is 11.6 Å². The van der Waals surface area contributed by atoms with Gasteiger partial charge in [0.1, 0.15) is 0 Å². The van der Waals surface area contributed by atoms with Gasteiger partial charge in [-0.3, -0.25) is 4.68 Å². The maximum Gasteiger partial charge on any atom is 0.0674 e. The van der Waals surface area contributed by atoms with Crippen LogP contribution in [0.4, 0.5) is 0 Å². The predicted octanol–water partition coefficient (Wildman–Crippen LogP) is 3.86. The number of nitrogens with zero attached hydrogens (tertiary/aromatic N) is 2. The summed E-state index contributed by atoms with van der Waals surface area (Å²) >= 11 is 6.19. The van der Waals surface area contributed by atoms with E-state index in [4.69, 9.17) is 11.6 Å². The molecule has 0 aliphatic rings. The summed E-state index contributed by atoms with van der Waals surface area (Å²) in [4.78, 5) is 0. The summed E-state index contributed by atoms with van der Waals surface area (Å²) in [6, 6.07) is 6.10. The van der Waals surface area contributed by atoms with Crippen LogP contribution in [-0.2, 0) is 13.6 Å². The minimum absolute atomic E-state index is 0.766. The highest BCUT2D eigenvalue weighted by Crippen LogP contribution is 2.31. The molecule has 0 bridgehead atoms. The summed E-state index contributed by atoms with van der Waals surface area (Å²) in [5.41, 5.74) is 5.86. The van der Waals surface area contributed by atoms with E-state index in [-0.39, 0.29) is 0 Å². The number of aromatic nitrogens is 2. The van der Waals surface area contributed by atoms with Gasteiger partial charge in [0.2, 0.25) is 0 Å². The third-order valence-corrected chi connectivity index (χ3v) is 3.83. The summed E-state index contributed by atoms with van der Waals surface area (Å²) in [5.74, 6) is 0. The zero-order valence-electron chi connectivity index (χ0n) is 12.6. The number of hydrogen-bond acceptors (Lipinski definition) is 2. The second-order valence-electron chi connectivity index (χ2n) is 5.15. The summed E-state index contributed by atoms with van der Waals surface area (Å²) in [6.45, 7) is 8.19. The highest BCUT2D eigenvalue weighted by atomic mass is 35.5. The van der Waals surface area contributed by atoms with E-state index in [1.807, 2.05) is 30.8 Å². The van der Waals surface area contributed by atoms with Crippen molar-refractivity contribution in [3.8, 4) is 11.1 Å². The van der Waals surface area contributed by atoms with Crippen molar-refractivity contribution in [2.24, 2.45) is 7.05 Å². The Labute approximate surface area is 126 Å². The van der Waals surface area contributed by atoms with Gasteiger partial charge in [-0.15, -0.1) is 0 Å². The molecular weight excluding hydrogens is 270 g/mol. The first-order chi connectivity index (χ1) is 9.54. The van der Waals surface area contributed by atoms with E-state index in [0.717, 1.165) is 30.2 Å². The Bertz CT molecular complexity index is 602. The van der Waals surface area contributed by atoms with Crippen molar-refractivity contribution in [2.75, 3.05) is 6.54 Å². The van der Waals surface area contributed by atoms with Crippen LogP contribution in [0.15, 0.2) is 18.2 Å². The Kier molecular flexibility index (Phi) is 4.84. The van der Waals surface area contributed by atoms with Gasteiger partial charge in [0.15, 0.2) is 0 Å². The molecule has 108 valence electrons. The number of rotatable bonds is 5. The summed E-state index contributed by atoms with van der Waals surface area (Å²) in [7, 11) is 1.98. The SMILES string of the molecule is CCCNCc1ccc(Cl)cc1-c1c(C)nn(C)c1C. The van der Waals surface area contributed by atoms with E-state index in [0.29, 0.717) is 0 Å². The fourth-order valence-corrected chi connectivity index (χ4v) is 2.67. The van der Waals surface area contributed by atoms with Crippen LogP contribution in [0.3, 0.4) is 0 Å². The molecule has 0 atom stereocenters. The third kappa shape index (κ3) is 3.05. The molecule has 1 heterocycles. The highest BCUT2D eigenvalue weighted by Gasteiger charge is 2.15. The first-order valence-corrected chi connectivity index (χ1v) is 7.42. The number of hydrogen-bond donors (Lipinski definition) is 1. The van der Waals surface area contributed by atoms with Crippen molar-refractivity contribution in [3.63, 3.8) is 0 Å². The molecule has 0 spiro atoms. The summed E-state index contributed by atoms with van der Waals surface area (Å²) < 4.78 is 1.93. The molecule has 1 aromatic carbocycles.